The van der Waals surface area contributed by atoms with Crippen LogP contribution in [0.2, 0.25) is 0 Å². The Bertz CT molecular complexity index is 349. The molecule has 0 aromatic heterocycles. The van der Waals surface area contributed by atoms with Crippen LogP contribution in [-0.4, -0.2) is 24.7 Å². The largest absolute Gasteiger partial charge is 0.358 e. The average Bonchev–Trinajstić information content (AvgIpc) is 2.34. The van der Waals surface area contributed by atoms with Gasteiger partial charge in [0.1, 0.15) is 0 Å². The predicted octanol–water partition coefficient (Wildman–Crippen LogP) is 2.02. The molecule has 1 rings (SSSR count). The van der Waals surface area contributed by atoms with Gasteiger partial charge in [0.2, 0.25) is 5.91 Å². The van der Waals surface area contributed by atoms with Crippen LogP contribution in [0.25, 0.3) is 0 Å². The van der Waals surface area contributed by atoms with E-state index >= 15 is 0 Å². The molecule has 0 unspecified atom stereocenters. The van der Waals surface area contributed by atoms with Crippen molar-refractivity contribution in [3.8, 4) is 0 Å². The highest BCUT2D eigenvalue weighted by Crippen LogP contribution is 2.18. The maximum absolute atomic E-state index is 11.1. The van der Waals surface area contributed by atoms with E-state index in [1.807, 2.05) is 0 Å². The minimum absolute atomic E-state index is 0.0561. The summed E-state index contributed by atoms with van der Waals surface area (Å²) in [5.41, 5.74) is 1.27. The Balaban J connectivity index is 2.42. The molecule has 0 fully saturated rings. The molecule has 0 saturated heterocycles. The molecule has 17 heavy (non-hydrogen) atoms. The van der Waals surface area contributed by atoms with Crippen molar-refractivity contribution in [3.05, 3.63) is 29.8 Å². The van der Waals surface area contributed by atoms with E-state index in [0.29, 0.717) is 11.8 Å². The number of amides is 1. The van der Waals surface area contributed by atoms with Crippen LogP contribution < -0.4 is 10.6 Å². The number of rotatable bonds is 6. The zero-order valence-electron chi connectivity index (χ0n) is 10.6. The van der Waals surface area contributed by atoms with Crippen LogP contribution in [0.5, 0.6) is 0 Å². The van der Waals surface area contributed by atoms with E-state index in [1.54, 1.807) is 18.8 Å². The van der Waals surface area contributed by atoms with Gasteiger partial charge in [-0.05, 0) is 17.7 Å². The molecule has 0 radical (unpaired) electrons. The Labute approximate surface area is 107 Å². The van der Waals surface area contributed by atoms with E-state index in [4.69, 9.17) is 0 Å². The van der Waals surface area contributed by atoms with Crippen molar-refractivity contribution in [2.24, 2.45) is 0 Å². The lowest BCUT2D eigenvalue weighted by molar-refractivity contribution is -0.118. The third kappa shape index (κ3) is 5.75. The number of hydrogen-bond donors (Lipinski definition) is 2. The number of carbonyl (C=O) groups excluding carboxylic acids is 1. The first kappa shape index (κ1) is 14.1. The third-order valence-electron chi connectivity index (χ3n) is 2.29. The van der Waals surface area contributed by atoms with Gasteiger partial charge >= 0.3 is 0 Å². The summed E-state index contributed by atoms with van der Waals surface area (Å²) in [4.78, 5) is 12.2. The zero-order valence-corrected chi connectivity index (χ0v) is 11.4. The molecule has 0 aliphatic heterocycles. The SMILES string of the molecule is CNC(=O)CSc1ccc(CNC(C)C)cc1. The fourth-order valence-corrected chi connectivity index (χ4v) is 2.02. The van der Waals surface area contributed by atoms with E-state index in [1.165, 1.54) is 5.56 Å². The second-order valence-electron chi connectivity index (χ2n) is 4.14. The van der Waals surface area contributed by atoms with Crippen LogP contribution in [0.3, 0.4) is 0 Å². The van der Waals surface area contributed by atoms with Gasteiger partial charge in [0, 0.05) is 24.5 Å². The van der Waals surface area contributed by atoms with Crippen molar-refractivity contribution < 1.29 is 4.79 Å². The molecular weight excluding hydrogens is 232 g/mol. The molecule has 0 heterocycles. The number of benzene rings is 1. The zero-order chi connectivity index (χ0) is 12.7. The van der Waals surface area contributed by atoms with Crippen LogP contribution in [0.15, 0.2) is 29.2 Å². The minimum atomic E-state index is 0.0561. The Morgan fingerprint density at radius 2 is 1.94 bits per heavy atom. The summed E-state index contributed by atoms with van der Waals surface area (Å²) in [6.07, 6.45) is 0. The van der Waals surface area contributed by atoms with E-state index in [2.05, 4.69) is 48.7 Å². The number of hydrogen-bond acceptors (Lipinski definition) is 3. The summed E-state index contributed by atoms with van der Waals surface area (Å²) in [5, 5.41) is 5.98. The Morgan fingerprint density at radius 1 is 1.29 bits per heavy atom. The lowest BCUT2D eigenvalue weighted by Gasteiger charge is -2.08. The summed E-state index contributed by atoms with van der Waals surface area (Å²) < 4.78 is 0. The van der Waals surface area contributed by atoms with Crippen molar-refractivity contribution >= 4 is 17.7 Å². The molecule has 0 atom stereocenters. The Hall–Kier alpha value is -1.00. The first-order chi connectivity index (χ1) is 8.11. The van der Waals surface area contributed by atoms with Gasteiger partial charge in [0.15, 0.2) is 0 Å². The van der Waals surface area contributed by atoms with Crippen molar-refractivity contribution in [3.63, 3.8) is 0 Å². The molecule has 94 valence electrons. The molecule has 3 nitrogen and oxygen atoms in total. The van der Waals surface area contributed by atoms with Gasteiger partial charge in [0.05, 0.1) is 5.75 Å². The van der Waals surface area contributed by atoms with Crippen LogP contribution in [0, 0.1) is 0 Å². The topological polar surface area (TPSA) is 41.1 Å². The van der Waals surface area contributed by atoms with E-state index < -0.39 is 0 Å². The van der Waals surface area contributed by atoms with Crippen molar-refractivity contribution in [1.82, 2.24) is 10.6 Å². The summed E-state index contributed by atoms with van der Waals surface area (Å²) in [7, 11) is 1.66. The van der Waals surface area contributed by atoms with Gasteiger partial charge < -0.3 is 10.6 Å². The molecule has 0 bridgehead atoms. The molecule has 4 heteroatoms. The molecule has 1 amide bonds. The number of nitrogens with one attached hydrogen (secondary N) is 2. The normalized spacial score (nSPS) is 10.6. The van der Waals surface area contributed by atoms with E-state index in [0.717, 1.165) is 11.4 Å². The molecule has 0 aliphatic rings. The molecule has 1 aromatic rings. The van der Waals surface area contributed by atoms with Crippen LogP contribution in [0.1, 0.15) is 19.4 Å². The molecule has 2 N–H and O–H groups in total. The highest BCUT2D eigenvalue weighted by Gasteiger charge is 2.00. The minimum Gasteiger partial charge on any atom is -0.358 e. The summed E-state index contributed by atoms with van der Waals surface area (Å²) in [6.45, 7) is 5.15. The number of carbonyl (C=O) groups is 1. The quantitative estimate of drug-likeness (QED) is 0.761. The second kappa shape index (κ2) is 7.35. The first-order valence-electron chi connectivity index (χ1n) is 5.77. The highest BCUT2D eigenvalue weighted by molar-refractivity contribution is 8.00. The lowest BCUT2D eigenvalue weighted by atomic mass is 10.2. The standard InChI is InChI=1S/C13H20N2OS/c1-10(2)15-8-11-4-6-12(7-5-11)17-9-13(16)14-3/h4-7,10,15H,8-9H2,1-3H3,(H,14,16). The molecular formula is C13H20N2OS. The average molecular weight is 252 g/mol. The predicted molar refractivity (Wildman–Crippen MR) is 73.2 cm³/mol. The van der Waals surface area contributed by atoms with E-state index in [-0.39, 0.29) is 5.91 Å². The van der Waals surface area contributed by atoms with Crippen LogP contribution >= 0.6 is 11.8 Å². The molecule has 0 spiro atoms. The molecule has 0 aliphatic carbocycles. The highest BCUT2D eigenvalue weighted by atomic mass is 32.2. The molecule has 1 aromatic carbocycles. The van der Waals surface area contributed by atoms with Gasteiger partial charge in [-0.1, -0.05) is 26.0 Å². The second-order valence-corrected chi connectivity index (χ2v) is 5.19. The fraction of sp³-hybridized carbons (Fsp3) is 0.462. The van der Waals surface area contributed by atoms with Gasteiger partial charge in [-0.25, -0.2) is 0 Å². The van der Waals surface area contributed by atoms with E-state index in [9.17, 15) is 4.79 Å². The summed E-state index contributed by atoms with van der Waals surface area (Å²) in [6, 6.07) is 8.82. The smallest absolute Gasteiger partial charge is 0.230 e. The maximum atomic E-state index is 11.1. The van der Waals surface area contributed by atoms with Crippen LogP contribution in [-0.2, 0) is 11.3 Å². The fourth-order valence-electron chi connectivity index (χ4n) is 1.25. The van der Waals surface area contributed by atoms with Crippen molar-refractivity contribution in [2.75, 3.05) is 12.8 Å². The third-order valence-corrected chi connectivity index (χ3v) is 3.30. The van der Waals surface area contributed by atoms with Crippen molar-refractivity contribution in [2.45, 2.75) is 31.3 Å². The maximum Gasteiger partial charge on any atom is 0.230 e. The number of thioether (sulfide) groups is 1. The Kier molecular flexibility index (Phi) is 6.08. The van der Waals surface area contributed by atoms with Gasteiger partial charge in [0.25, 0.3) is 0 Å². The Morgan fingerprint density at radius 3 is 2.47 bits per heavy atom. The van der Waals surface area contributed by atoms with Gasteiger partial charge in [-0.15, -0.1) is 11.8 Å². The van der Waals surface area contributed by atoms with Crippen LogP contribution in [0.4, 0.5) is 0 Å². The van der Waals surface area contributed by atoms with Gasteiger partial charge in [-0.2, -0.15) is 0 Å². The molecule has 0 saturated carbocycles. The first-order valence-corrected chi connectivity index (χ1v) is 6.76. The monoisotopic (exact) mass is 252 g/mol. The van der Waals surface area contributed by atoms with Gasteiger partial charge in [-0.3, -0.25) is 4.79 Å². The lowest BCUT2D eigenvalue weighted by Crippen LogP contribution is -2.21. The van der Waals surface area contributed by atoms with Crippen molar-refractivity contribution in [1.29, 1.82) is 0 Å². The summed E-state index contributed by atoms with van der Waals surface area (Å²) >= 11 is 1.55. The summed E-state index contributed by atoms with van der Waals surface area (Å²) in [5.74, 6) is 0.528.